The fourth-order valence-corrected chi connectivity index (χ4v) is 4.39. The number of anilines is 1. The van der Waals surface area contributed by atoms with Crippen LogP contribution in [0.15, 0.2) is 48.5 Å². The molecule has 0 radical (unpaired) electrons. The molecule has 31 heavy (non-hydrogen) atoms. The molecule has 2 aromatic rings. The molecule has 0 saturated carbocycles. The van der Waals surface area contributed by atoms with Crippen molar-refractivity contribution in [3.05, 3.63) is 59.7 Å². The molecule has 164 valence electrons. The zero-order chi connectivity index (χ0) is 22.0. The zero-order valence-electron chi connectivity index (χ0n) is 18.5. The van der Waals surface area contributed by atoms with E-state index in [2.05, 4.69) is 5.32 Å². The van der Waals surface area contributed by atoms with E-state index in [1.54, 1.807) is 0 Å². The van der Waals surface area contributed by atoms with Gasteiger partial charge in [-0.25, -0.2) is 4.79 Å². The van der Waals surface area contributed by atoms with Crippen LogP contribution in [-0.4, -0.2) is 42.6 Å². The van der Waals surface area contributed by atoms with E-state index >= 15 is 0 Å². The number of nitrogens with one attached hydrogen (secondary N) is 1. The van der Waals surface area contributed by atoms with Crippen LogP contribution in [0.1, 0.15) is 43.9 Å². The normalized spacial score (nSPS) is 19.9. The summed E-state index contributed by atoms with van der Waals surface area (Å²) in [5, 5.41) is 3.13. The minimum absolute atomic E-state index is 0.00138. The van der Waals surface area contributed by atoms with Crippen molar-refractivity contribution in [1.82, 2.24) is 10.2 Å². The Hall–Kier alpha value is -3.02. The van der Waals surface area contributed by atoms with Crippen LogP contribution >= 0.6 is 0 Å². The highest BCUT2D eigenvalue weighted by Crippen LogP contribution is 2.35. The molecule has 0 aromatic heterocycles. The van der Waals surface area contributed by atoms with Crippen molar-refractivity contribution in [3.63, 3.8) is 0 Å². The molecule has 2 heterocycles. The first-order chi connectivity index (χ1) is 14.9. The Morgan fingerprint density at radius 1 is 1.10 bits per heavy atom. The summed E-state index contributed by atoms with van der Waals surface area (Å²) in [6.07, 6.45) is 1.31. The van der Waals surface area contributed by atoms with Crippen LogP contribution in [-0.2, 0) is 4.79 Å². The summed E-state index contributed by atoms with van der Waals surface area (Å²) in [5.41, 5.74) is 3.02. The maximum absolute atomic E-state index is 13.3. The second-order valence-electron chi connectivity index (χ2n) is 8.70. The van der Waals surface area contributed by atoms with Crippen molar-refractivity contribution in [2.45, 2.75) is 45.8 Å². The van der Waals surface area contributed by atoms with Gasteiger partial charge in [-0.05, 0) is 56.9 Å². The van der Waals surface area contributed by atoms with Crippen molar-refractivity contribution >= 4 is 17.6 Å². The van der Waals surface area contributed by atoms with Crippen molar-refractivity contribution < 1.29 is 14.3 Å². The summed E-state index contributed by atoms with van der Waals surface area (Å²) in [4.78, 5) is 29.8. The van der Waals surface area contributed by atoms with Gasteiger partial charge in [0.05, 0.1) is 18.3 Å². The molecule has 3 amide bonds. The first-order valence-corrected chi connectivity index (χ1v) is 11.1. The van der Waals surface area contributed by atoms with Gasteiger partial charge in [0, 0.05) is 19.0 Å². The van der Waals surface area contributed by atoms with Gasteiger partial charge in [0.2, 0.25) is 5.91 Å². The van der Waals surface area contributed by atoms with E-state index in [4.69, 9.17) is 4.74 Å². The maximum atomic E-state index is 13.3. The number of ether oxygens (including phenoxy) is 1. The van der Waals surface area contributed by atoms with Crippen molar-refractivity contribution in [2.24, 2.45) is 5.92 Å². The smallest absolute Gasteiger partial charge is 0.324 e. The molecule has 2 aromatic carbocycles. The van der Waals surface area contributed by atoms with E-state index in [1.165, 1.54) is 0 Å². The molecular formula is C25H31N3O3. The Labute approximate surface area is 184 Å². The zero-order valence-corrected chi connectivity index (χ0v) is 18.5. The van der Waals surface area contributed by atoms with Gasteiger partial charge in [-0.3, -0.25) is 9.69 Å². The molecule has 1 fully saturated rings. The van der Waals surface area contributed by atoms with Gasteiger partial charge in [-0.15, -0.1) is 0 Å². The Kier molecular flexibility index (Phi) is 6.16. The summed E-state index contributed by atoms with van der Waals surface area (Å²) in [5.74, 6) is 0.764. The second kappa shape index (κ2) is 9.00. The number of likely N-dealkylation sites (tertiary alicyclic amines) is 1. The Bertz CT molecular complexity index is 938. The highest BCUT2D eigenvalue weighted by atomic mass is 16.5. The van der Waals surface area contributed by atoms with Gasteiger partial charge in [-0.1, -0.05) is 36.4 Å². The van der Waals surface area contributed by atoms with Gasteiger partial charge < -0.3 is 15.0 Å². The van der Waals surface area contributed by atoms with Crippen molar-refractivity contribution in [3.8, 4) is 5.75 Å². The number of rotatable bonds is 3. The molecule has 6 heteroatoms. The number of aryl methyl sites for hydroxylation is 1. The van der Waals surface area contributed by atoms with Crippen LogP contribution in [0.3, 0.4) is 0 Å². The highest BCUT2D eigenvalue weighted by Gasteiger charge is 2.34. The highest BCUT2D eigenvalue weighted by molar-refractivity contribution is 5.94. The lowest BCUT2D eigenvalue weighted by Gasteiger charge is -2.39. The lowest BCUT2D eigenvalue weighted by Crippen LogP contribution is -2.52. The van der Waals surface area contributed by atoms with E-state index in [0.717, 1.165) is 22.6 Å². The first kappa shape index (κ1) is 21.2. The van der Waals surface area contributed by atoms with Crippen LogP contribution in [0.5, 0.6) is 5.75 Å². The lowest BCUT2D eigenvalue weighted by molar-refractivity contribution is -0.126. The fourth-order valence-electron chi connectivity index (χ4n) is 4.39. The topological polar surface area (TPSA) is 61.9 Å². The number of hydrogen-bond donors (Lipinski definition) is 1. The SMILES string of the molecule is Cc1ccc2c(c1)N(C(=O)N1CCC(C(=O)N[C@@H](C)c3ccccc3)CC1)C[C@H](C)O2. The average Bonchev–Trinajstić information content (AvgIpc) is 2.79. The van der Waals surface area contributed by atoms with Gasteiger partial charge >= 0.3 is 6.03 Å². The molecule has 1 saturated heterocycles. The third-order valence-electron chi connectivity index (χ3n) is 6.20. The third-order valence-corrected chi connectivity index (χ3v) is 6.20. The van der Waals surface area contributed by atoms with Crippen LogP contribution in [0.25, 0.3) is 0 Å². The number of urea groups is 1. The molecule has 2 aliphatic heterocycles. The molecule has 0 spiro atoms. The molecule has 0 unspecified atom stereocenters. The van der Waals surface area contributed by atoms with Crippen LogP contribution in [0.4, 0.5) is 10.5 Å². The van der Waals surface area contributed by atoms with E-state index in [-0.39, 0.29) is 30.0 Å². The number of carbonyl (C=O) groups is 2. The number of piperidine rings is 1. The molecular weight excluding hydrogens is 390 g/mol. The predicted octanol–water partition coefficient (Wildman–Crippen LogP) is 4.29. The number of carbonyl (C=O) groups excluding carboxylic acids is 2. The molecule has 2 atom stereocenters. The van der Waals surface area contributed by atoms with Crippen molar-refractivity contribution in [1.29, 1.82) is 0 Å². The van der Waals surface area contributed by atoms with Gasteiger partial charge in [0.25, 0.3) is 0 Å². The first-order valence-electron chi connectivity index (χ1n) is 11.1. The Morgan fingerprint density at radius 2 is 1.81 bits per heavy atom. The largest absolute Gasteiger partial charge is 0.487 e. The molecule has 4 rings (SSSR count). The van der Waals surface area contributed by atoms with Gasteiger partial charge in [-0.2, -0.15) is 0 Å². The molecule has 6 nitrogen and oxygen atoms in total. The van der Waals surface area contributed by atoms with E-state index < -0.39 is 0 Å². The van der Waals surface area contributed by atoms with E-state index in [0.29, 0.717) is 32.5 Å². The number of nitrogens with zero attached hydrogens (tertiary/aromatic N) is 2. The molecule has 1 N–H and O–H groups in total. The standard InChI is InChI=1S/C25H31N3O3/c1-17-9-10-23-22(15-17)28(16-18(2)31-23)25(30)27-13-11-21(12-14-27)24(29)26-19(3)20-7-5-4-6-8-20/h4-10,15,18-19,21H,11-14,16H2,1-3H3,(H,26,29)/t18-,19-/m0/s1. The average molecular weight is 422 g/mol. The van der Waals surface area contributed by atoms with Crippen LogP contribution < -0.4 is 15.0 Å². The van der Waals surface area contributed by atoms with Gasteiger partial charge in [0.1, 0.15) is 11.9 Å². The number of benzene rings is 2. The fraction of sp³-hybridized carbons (Fsp3) is 0.440. The summed E-state index contributed by atoms with van der Waals surface area (Å²) in [7, 11) is 0. The van der Waals surface area contributed by atoms with E-state index in [1.807, 2.05) is 79.1 Å². The summed E-state index contributed by atoms with van der Waals surface area (Å²) >= 11 is 0. The molecule has 0 aliphatic carbocycles. The van der Waals surface area contributed by atoms with Crippen molar-refractivity contribution in [2.75, 3.05) is 24.5 Å². The van der Waals surface area contributed by atoms with Crippen LogP contribution in [0, 0.1) is 12.8 Å². The summed E-state index contributed by atoms with van der Waals surface area (Å²) in [6, 6.07) is 15.9. The quantitative estimate of drug-likeness (QED) is 0.804. The number of amides is 3. The van der Waals surface area contributed by atoms with Crippen LogP contribution in [0.2, 0.25) is 0 Å². The van der Waals surface area contributed by atoms with Gasteiger partial charge in [0.15, 0.2) is 0 Å². The van der Waals surface area contributed by atoms with E-state index in [9.17, 15) is 9.59 Å². The minimum Gasteiger partial charge on any atom is -0.487 e. The lowest BCUT2D eigenvalue weighted by atomic mass is 9.95. The molecule has 2 aliphatic rings. The second-order valence-corrected chi connectivity index (χ2v) is 8.70. The predicted molar refractivity (Wildman–Crippen MR) is 121 cm³/mol. The molecule has 0 bridgehead atoms. The Balaban J connectivity index is 1.36. The Morgan fingerprint density at radius 3 is 2.52 bits per heavy atom. The third kappa shape index (κ3) is 4.68. The minimum atomic E-state index is -0.0617. The summed E-state index contributed by atoms with van der Waals surface area (Å²) < 4.78 is 5.91. The maximum Gasteiger partial charge on any atom is 0.324 e. The number of hydrogen-bond acceptors (Lipinski definition) is 3. The summed E-state index contributed by atoms with van der Waals surface area (Å²) in [6.45, 7) is 7.71. The monoisotopic (exact) mass is 421 g/mol. The number of fused-ring (bicyclic) bond motifs is 1.